The Hall–Kier alpha value is -1.55. The van der Waals surface area contributed by atoms with Gasteiger partial charge in [0.05, 0.1) is 13.2 Å². The van der Waals surface area contributed by atoms with E-state index in [0.29, 0.717) is 5.92 Å². The molecular formula is C17H26N2O2. The highest BCUT2D eigenvalue weighted by Gasteiger charge is 2.41. The van der Waals surface area contributed by atoms with E-state index in [2.05, 4.69) is 26.1 Å². The molecule has 1 aliphatic rings. The summed E-state index contributed by atoms with van der Waals surface area (Å²) in [6.45, 7) is 8.48. The van der Waals surface area contributed by atoms with Crippen LogP contribution in [-0.2, 0) is 4.79 Å². The molecule has 0 spiro atoms. The summed E-state index contributed by atoms with van der Waals surface area (Å²) in [5.74, 6) is 1.46. The number of carbonyl (C=O) groups excluding carboxylic acids is 1. The Labute approximate surface area is 127 Å². The van der Waals surface area contributed by atoms with Gasteiger partial charge in [0.1, 0.15) is 11.9 Å². The molecule has 0 bridgehead atoms. The quantitative estimate of drug-likeness (QED) is 0.906. The van der Waals surface area contributed by atoms with Crippen LogP contribution in [0.3, 0.4) is 0 Å². The third-order valence-electron chi connectivity index (χ3n) is 4.43. The Balaban J connectivity index is 2.31. The minimum Gasteiger partial charge on any atom is -0.497 e. The molecule has 0 saturated carbocycles. The molecule has 1 heterocycles. The number of carbonyl (C=O) groups is 1. The van der Waals surface area contributed by atoms with E-state index in [-0.39, 0.29) is 24.2 Å². The molecule has 1 aromatic carbocycles. The molecule has 1 amide bonds. The second-order valence-corrected chi connectivity index (χ2v) is 6.03. The van der Waals surface area contributed by atoms with Crippen LogP contribution in [0.2, 0.25) is 0 Å². The lowest BCUT2D eigenvalue weighted by molar-refractivity contribution is -0.133. The number of nitrogens with one attached hydrogen (secondary N) is 1. The van der Waals surface area contributed by atoms with Crippen molar-refractivity contribution in [2.24, 2.45) is 5.92 Å². The van der Waals surface area contributed by atoms with Gasteiger partial charge in [-0.2, -0.15) is 0 Å². The first kappa shape index (κ1) is 15.8. The molecule has 3 atom stereocenters. The van der Waals surface area contributed by atoms with E-state index >= 15 is 0 Å². The summed E-state index contributed by atoms with van der Waals surface area (Å²) in [5.41, 5.74) is 1.10. The molecule has 1 fully saturated rings. The van der Waals surface area contributed by atoms with Crippen molar-refractivity contribution < 1.29 is 9.53 Å². The van der Waals surface area contributed by atoms with Gasteiger partial charge in [-0.25, -0.2) is 0 Å². The van der Waals surface area contributed by atoms with Crippen LogP contribution in [-0.4, -0.2) is 30.0 Å². The van der Waals surface area contributed by atoms with E-state index in [0.717, 1.165) is 17.7 Å². The lowest BCUT2D eigenvalue weighted by atomic mass is 10.0. The van der Waals surface area contributed by atoms with Gasteiger partial charge in [-0.3, -0.25) is 10.1 Å². The largest absolute Gasteiger partial charge is 0.497 e. The second kappa shape index (κ2) is 6.48. The van der Waals surface area contributed by atoms with Crippen LogP contribution < -0.4 is 10.1 Å². The van der Waals surface area contributed by atoms with Gasteiger partial charge >= 0.3 is 0 Å². The maximum atomic E-state index is 12.6. The van der Waals surface area contributed by atoms with Crippen molar-refractivity contribution in [3.63, 3.8) is 0 Å². The summed E-state index contributed by atoms with van der Waals surface area (Å²) in [6.07, 6.45) is 0.762. The highest BCUT2D eigenvalue weighted by molar-refractivity contribution is 5.84. The first-order valence-electron chi connectivity index (χ1n) is 7.71. The molecule has 4 heteroatoms. The van der Waals surface area contributed by atoms with E-state index in [1.807, 2.05) is 36.1 Å². The Morgan fingerprint density at radius 3 is 2.33 bits per heavy atom. The zero-order valence-corrected chi connectivity index (χ0v) is 13.6. The fraction of sp³-hybridized carbons (Fsp3) is 0.588. The summed E-state index contributed by atoms with van der Waals surface area (Å²) < 4.78 is 5.21. The number of nitrogens with zero attached hydrogens (tertiary/aromatic N) is 1. The van der Waals surface area contributed by atoms with E-state index < -0.39 is 0 Å². The average Bonchev–Trinajstić information content (AvgIpc) is 2.83. The van der Waals surface area contributed by atoms with Crippen molar-refractivity contribution in [1.82, 2.24) is 10.2 Å². The van der Waals surface area contributed by atoms with E-state index in [4.69, 9.17) is 4.74 Å². The van der Waals surface area contributed by atoms with Gasteiger partial charge in [-0.05, 0) is 37.0 Å². The van der Waals surface area contributed by atoms with Crippen LogP contribution >= 0.6 is 0 Å². The molecule has 1 aliphatic heterocycles. The number of methoxy groups -OCH3 is 1. The number of ether oxygens (including phenoxy) is 1. The zero-order valence-electron chi connectivity index (χ0n) is 13.6. The minimum absolute atomic E-state index is 0.0502. The minimum atomic E-state index is -0.0849. The lowest BCUT2D eigenvalue weighted by Gasteiger charge is -2.33. The number of hydrogen-bond acceptors (Lipinski definition) is 3. The smallest absolute Gasteiger partial charge is 0.241 e. The molecule has 0 radical (unpaired) electrons. The monoisotopic (exact) mass is 290 g/mol. The van der Waals surface area contributed by atoms with Crippen LogP contribution in [0, 0.1) is 5.92 Å². The molecule has 1 saturated heterocycles. The van der Waals surface area contributed by atoms with Crippen molar-refractivity contribution in [3.05, 3.63) is 29.8 Å². The van der Waals surface area contributed by atoms with Gasteiger partial charge in [0.2, 0.25) is 5.91 Å². The Bertz CT molecular complexity index is 484. The van der Waals surface area contributed by atoms with E-state index in [1.165, 1.54) is 0 Å². The molecule has 1 aromatic rings. The summed E-state index contributed by atoms with van der Waals surface area (Å²) in [5, 5.41) is 3.47. The molecular weight excluding hydrogens is 264 g/mol. The predicted octanol–water partition coefficient (Wildman–Crippen LogP) is 2.95. The van der Waals surface area contributed by atoms with Crippen LogP contribution in [0.4, 0.5) is 0 Å². The maximum absolute atomic E-state index is 12.6. The first-order valence-corrected chi connectivity index (χ1v) is 7.71. The average molecular weight is 290 g/mol. The number of amides is 1. The molecule has 0 aliphatic carbocycles. The summed E-state index contributed by atoms with van der Waals surface area (Å²) in [4.78, 5) is 14.6. The van der Waals surface area contributed by atoms with Crippen molar-refractivity contribution in [2.45, 2.75) is 52.4 Å². The van der Waals surface area contributed by atoms with E-state index in [1.54, 1.807) is 7.11 Å². The van der Waals surface area contributed by atoms with Crippen LogP contribution in [0.15, 0.2) is 24.3 Å². The SMILES string of the molecule is CCC1NC(c2ccc(OC)cc2)N(C(C)C(C)C)C1=O. The van der Waals surface area contributed by atoms with E-state index in [9.17, 15) is 4.79 Å². The molecule has 3 unspecified atom stereocenters. The van der Waals surface area contributed by atoms with Gasteiger partial charge in [-0.15, -0.1) is 0 Å². The molecule has 21 heavy (non-hydrogen) atoms. The van der Waals surface area contributed by atoms with Gasteiger partial charge in [-0.1, -0.05) is 32.9 Å². The predicted molar refractivity (Wildman–Crippen MR) is 84.1 cm³/mol. The van der Waals surface area contributed by atoms with Crippen LogP contribution in [0.5, 0.6) is 5.75 Å². The fourth-order valence-electron chi connectivity index (χ4n) is 2.74. The highest BCUT2D eigenvalue weighted by atomic mass is 16.5. The third-order valence-corrected chi connectivity index (χ3v) is 4.43. The molecule has 0 aromatic heterocycles. The van der Waals surface area contributed by atoms with Gasteiger partial charge < -0.3 is 9.64 Å². The van der Waals surface area contributed by atoms with Gasteiger partial charge in [0, 0.05) is 6.04 Å². The Kier molecular flexibility index (Phi) is 4.88. The second-order valence-electron chi connectivity index (χ2n) is 6.03. The molecule has 4 nitrogen and oxygen atoms in total. The Morgan fingerprint density at radius 1 is 1.24 bits per heavy atom. The van der Waals surface area contributed by atoms with Gasteiger partial charge in [0.15, 0.2) is 0 Å². The fourth-order valence-corrected chi connectivity index (χ4v) is 2.74. The van der Waals surface area contributed by atoms with Crippen molar-refractivity contribution in [2.75, 3.05) is 7.11 Å². The number of hydrogen-bond donors (Lipinski definition) is 1. The van der Waals surface area contributed by atoms with Crippen molar-refractivity contribution >= 4 is 5.91 Å². The normalized spacial score (nSPS) is 23.7. The maximum Gasteiger partial charge on any atom is 0.241 e. The summed E-state index contributed by atoms with van der Waals surface area (Å²) >= 11 is 0. The highest BCUT2D eigenvalue weighted by Crippen LogP contribution is 2.31. The lowest BCUT2D eigenvalue weighted by Crippen LogP contribution is -2.41. The molecule has 116 valence electrons. The zero-order chi connectivity index (χ0) is 15.6. The molecule has 1 N–H and O–H groups in total. The summed E-state index contributed by atoms with van der Waals surface area (Å²) in [6, 6.07) is 8.06. The topological polar surface area (TPSA) is 41.6 Å². The van der Waals surface area contributed by atoms with Gasteiger partial charge in [0.25, 0.3) is 0 Å². The first-order chi connectivity index (χ1) is 9.99. The number of benzene rings is 1. The standard InChI is InChI=1S/C17H26N2O2/c1-6-15-17(20)19(12(4)11(2)3)16(18-15)13-7-9-14(21-5)10-8-13/h7-12,15-16,18H,6H2,1-5H3. The number of rotatable bonds is 5. The van der Waals surface area contributed by atoms with Crippen LogP contribution in [0.1, 0.15) is 45.8 Å². The van der Waals surface area contributed by atoms with Crippen molar-refractivity contribution in [1.29, 1.82) is 0 Å². The summed E-state index contributed by atoms with van der Waals surface area (Å²) in [7, 11) is 1.66. The third kappa shape index (κ3) is 3.05. The van der Waals surface area contributed by atoms with Crippen LogP contribution in [0.25, 0.3) is 0 Å². The Morgan fingerprint density at radius 2 is 1.86 bits per heavy atom. The molecule has 2 rings (SSSR count). The van der Waals surface area contributed by atoms with Crippen molar-refractivity contribution in [3.8, 4) is 5.75 Å².